The largest absolute Gasteiger partial charge is 0.465 e. The molecule has 0 aliphatic heterocycles. The molecule has 0 N–H and O–H groups in total. The van der Waals surface area contributed by atoms with E-state index in [0.717, 1.165) is 34.8 Å². The molecule has 0 saturated carbocycles. The number of methoxy groups -OCH3 is 1. The Labute approximate surface area is 145 Å². The predicted molar refractivity (Wildman–Crippen MR) is 95.9 cm³/mol. The molecule has 124 valence electrons. The van der Waals surface area contributed by atoms with E-state index in [9.17, 15) is 4.79 Å². The first kappa shape index (κ1) is 15.4. The van der Waals surface area contributed by atoms with Crippen LogP contribution >= 0.6 is 11.3 Å². The molecule has 5 heteroatoms. The molecule has 0 spiro atoms. The van der Waals surface area contributed by atoms with E-state index < -0.39 is 0 Å². The summed E-state index contributed by atoms with van der Waals surface area (Å²) in [6.45, 7) is 2.05. The van der Waals surface area contributed by atoms with Crippen molar-refractivity contribution in [1.29, 1.82) is 0 Å². The Bertz CT molecular complexity index is 923. The molecule has 4 nitrogen and oxygen atoms in total. The van der Waals surface area contributed by atoms with Crippen molar-refractivity contribution in [2.45, 2.75) is 39.0 Å². The van der Waals surface area contributed by atoms with Gasteiger partial charge in [0.2, 0.25) is 0 Å². The van der Waals surface area contributed by atoms with Crippen molar-refractivity contribution in [3.63, 3.8) is 0 Å². The average molecular weight is 340 g/mol. The third kappa shape index (κ3) is 2.44. The second-order valence-electron chi connectivity index (χ2n) is 6.19. The fourth-order valence-electron chi connectivity index (χ4n) is 3.50. The zero-order chi connectivity index (χ0) is 16.7. The lowest BCUT2D eigenvalue weighted by atomic mass is 9.90. The summed E-state index contributed by atoms with van der Waals surface area (Å²) in [5.41, 5.74) is 6.04. The number of rotatable bonds is 3. The van der Waals surface area contributed by atoms with Crippen molar-refractivity contribution >= 4 is 22.3 Å². The summed E-state index contributed by atoms with van der Waals surface area (Å²) in [5, 5.41) is 0. The van der Waals surface area contributed by atoms with E-state index in [1.54, 1.807) is 0 Å². The molecule has 1 aliphatic carbocycles. The van der Waals surface area contributed by atoms with Gasteiger partial charge in [-0.3, -0.25) is 4.40 Å². The highest BCUT2D eigenvalue weighted by Crippen LogP contribution is 2.30. The maximum atomic E-state index is 11.9. The monoisotopic (exact) mass is 340 g/mol. The highest BCUT2D eigenvalue weighted by atomic mass is 32.1. The number of thiazole rings is 1. The number of imidazole rings is 1. The summed E-state index contributed by atoms with van der Waals surface area (Å²) in [7, 11) is 1.42. The van der Waals surface area contributed by atoms with Gasteiger partial charge in [0.15, 0.2) is 4.96 Å². The van der Waals surface area contributed by atoms with Crippen LogP contribution in [0.2, 0.25) is 0 Å². The number of nitrogens with zero attached hydrogens (tertiary/aromatic N) is 2. The minimum atomic E-state index is -0.280. The first-order valence-electron chi connectivity index (χ1n) is 8.42. The summed E-state index contributed by atoms with van der Waals surface area (Å²) < 4.78 is 6.92. The lowest BCUT2D eigenvalue weighted by Crippen LogP contribution is -2.03. The number of esters is 1. The van der Waals surface area contributed by atoms with Gasteiger partial charge in [-0.15, -0.1) is 0 Å². The van der Waals surface area contributed by atoms with Gasteiger partial charge in [0, 0.05) is 17.5 Å². The SMILES string of the molecule is CCc1c(C(=O)OC)sc2nc(-c3ccc4c(c3)CCCC4)cn12. The smallest absolute Gasteiger partial charge is 0.349 e. The van der Waals surface area contributed by atoms with Gasteiger partial charge in [0.1, 0.15) is 4.88 Å². The van der Waals surface area contributed by atoms with Crippen LogP contribution in [0.1, 0.15) is 46.3 Å². The van der Waals surface area contributed by atoms with E-state index in [-0.39, 0.29) is 5.97 Å². The first-order chi connectivity index (χ1) is 11.7. The maximum Gasteiger partial charge on any atom is 0.349 e. The fourth-order valence-corrected chi connectivity index (χ4v) is 4.62. The Morgan fingerprint density at radius 2 is 2.08 bits per heavy atom. The van der Waals surface area contributed by atoms with Gasteiger partial charge < -0.3 is 4.74 Å². The summed E-state index contributed by atoms with van der Waals surface area (Å²) in [5.74, 6) is -0.280. The molecule has 0 amide bonds. The molecular weight excluding hydrogens is 320 g/mol. The van der Waals surface area contributed by atoms with Crippen LogP contribution in [0.25, 0.3) is 16.2 Å². The number of ether oxygens (including phenoxy) is 1. The zero-order valence-electron chi connectivity index (χ0n) is 14.0. The van der Waals surface area contributed by atoms with Crippen LogP contribution in [0.5, 0.6) is 0 Å². The molecule has 2 heterocycles. The molecule has 2 aromatic heterocycles. The summed E-state index contributed by atoms with van der Waals surface area (Å²) in [6, 6.07) is 6.70. The number of carbonyl (C=O) groups excluding carboxylic acids is 1. The Morgan fingerprint density at radius 1 is 1.29 bits per heavy atom. The molecule has 0 atom stereocenters. The van der Waals surface area contributed by atoms with E-state index in [0.29, 0.717) is 4.88 Å². The van der Waals surface area contributed by atoms with Crippen molar-refractivity contribution in [3.8, 4) is 11.3 Å². The molecule has 0 saturated heterocycles. The second kappa shape index (κ2) is 6.06. The number of benzene rings is 1. The van der Waals surface area contributed by atoms with Crippen LogP contribution in [0.3, 0.4) is 0 Å². The highest BCUT2D eigenvalue weighted by Gasteiger charge is 2.20. The number of aromatic nitrogens is 2. The third-order valence-electron chi connectivity index (χ3n) is 4.77. The standard InChI is InChI=1S/C19H20N2O2S/c1-3-16-17(18(22)23-2)24-19-20-15(11-21(16)19)14-9-8-12-6-4-5-7-13(12)10-14/h8-11H,3-7H2,1-2H3. The van der Waals surface area contributed by atoms with Crippen LogP contribution in [-0.4, -0.2) is 22.5 Å². The molecule has 1 aromatic carbocycles. The van der Waals surface area contributed by atoms with E-state index in [1.807, 2.05) is 17.5 Å². The maximum absolute atomic E-state index is 11.9. The Hall–Kier alpha value is -2.14. The van der Waals surface area contributed by atoms with E-state index in [1.165, 1.54) is 48.8 Å². The van der Waals surface area contributed by atoms with Gasteiger partial charge in [-0.1, -0.05) is 30.4 Å². The first-order valence-corrected chi connectivity index (χ1v) is 9.24. The van der Waals surface area contributed by atoms with Crippen LogP contribution < -0.4 is 0 Å². The Kier molecular flexibility index (Phi) is 3.88. The molecule has 3 aromatic rings. The van der Waals surface area contributed by atoms with Crippen LogP contribution in [0, 0.1) is 0 Å². The molecule has 4 rings (SSSR count). The average Bonchev–Trinajstić information content (AvgIpc) is 3.18. The van der Waals surface area contributed by atoms with Gasteiger partial charge in [-0.2, -0.15) is 0 Å². The zero-order valence-corrected chi connectivity index (χ0v) is 14.8. The van der Waals surface area contributed by atoms with E-state index in [4.69, 9.17) is 9.72 Å². The highest BCUT2D eigenvalue weighted by molar-refractivity contribution is 7.19. The Balaban J connectivity index is 1.78. The number of carbonyl (C=O) groups is 1. The number of hydrogen-bond acceptors (Lipinski definition) is 4. The minimum Gasteiger partial charge on any atom is -0.465 e. The minimum absolute atomic E-state index is 0.280. The van der Waals surface area contributed by atoms with Crippen molar-refractivity contribution in [2.75, 3.05) is 7.11 Å². The van der Waals surface area contributed by atoms with Gasteiger partial charge >= 0.3 is 5.97 Å². The van der Waals surface area contributed by atoms with Gasteiger partial charge in [0.05, 0.1) is 12.8 Å². The number of hydrogen-bond donors (Lipinski definition) is 0. The summed E-state index contributed by atoms with van der Waals surface area (Å²) >= 11 is 1.40. The lowest BCUT2D eigenvalue weighted by Gasteiger charge is -2.15. The van der Waals surface area contributed by atoms with E-state index >= 15 is 0 Å². The molecule has 0 unspecified atom stereocenters. The predicted octanol–water partition coefficient (Wildman–Crippen LogP) is 4.29. The fraction of sp³-hybridized carbons (Fsp3) is 0.368. The van der Waals surface area contributed by atoms with Crippen molar-refractivity contribution in [2.24, 2.45) is 0 Å². The third-order valence-corrected chi connectivity index (χ3v) is 5.85. The lowest BCUT2D eigenvalue weighted by molar-refractivity contribution is 0.0604. The molecular formula is C19H20N2O2S. The van der Waals surface area contributed by atoms with Crippen molar-refractivity contribution in [1.82, 2.24) is 9.38 Å². The molecule has 0 bridgehead atoms. The Morgan fingerprint density at radius 3 is 2.83 bits per heavy atom. The normalized spacial score (nSPS) is 13.9. The molecule has 0 fully saturated rings. The number of fused-ring (bicyclic) bond motifs is 2. The van der Waals surface area contributed by atoms with Crippen molar-refractivity contribution < 1.29 is 9.53 Å². The van der Waals surface area contributed by atoms with Crippen molar-refractivity contribution in [3.05, 3.63) is 46.1 Å². The summed E-state index contributed by atoms with van der Waals surface area (Å²) in [6.07, 6.45) is 7.74. The second-order valence-corrected chi connectivity index (χ2v) is 7.17. The number of aryl methyl sites for hydroxylation is 3. The van der Waals surface area contributed by atoms with Gasteiger partial charge in [-0.25, -0.2) is 9.78 Å². The van der Waals surface area contributed by atoms with Crippen LogP contribution in [0.15, 0.2) is 24.4 Å². The van der Waals surface area contributed by atoms with E-state index in [2.05, 4.69) is 18.2 Å². The molecule has 24 heavy (non-hydrogen) atoms. The quantitative estimate of drug-likeness (QED) is 0.668. The van der Waals surface area contributed by atoms with Crippen LogP contribution in [0.4, 0.5) is 0 Å². The topological polar surface area (TPSA) is 43.6 Å². The van der Waals surface area contributed by atoms with Gasteiger partial charge in [-0.05, 0) is 49.3 Å². The molecule has 0 radical (unpaired) electrons. The van der Waals surface area contributed by atoms with Gasteiger partial charge in [0.25, 0.3) is 0 Å². The summed E-state index contributed by atoms with van der Waals surface area (Å²) in [4.78, 5) is 18.2. The molecule has 1 aliphatic rings. The van der Waals surface area contributed by atoms with Crippen LogP contribution in [-0.2, 0) is 24.0 Å².